The number of nitrogens with two attached hydrogens (primary N) is 1. The van der Waals surface area contributed by atoms with E-state index >= 15 is 0 Å². The second-order valence-electron chi connectivity index (χ2n) is 5.17. The van der Waals surface area contributed by atoms with E-state index in [2.05, 4.69) is 16.5 Å². The van der Waals surface area contributed by atoms with Crippen molar-refractivity contribution in [3.05, 3.63) is 24.3 Å². The molecule has 0 saturated heterocycles. The van der Waals surface area contributed by atoms with Crippen LogP contribution in [0.15, 0.2) is 29.2 Å². The summed E-state index contributed by atoms with van der Waals surface area (Å²) in [7, 11) is -3.36. The molecule has 0 amide bonds. The maximum absolute atomic E-state index is 12.1. The van der Waals surface area contributed by atoms with Gasteiger partial charge in [0.2, 0.25) is 10.0 Å². The molecule has 0 radical (unpaired) electrons. The Labute approximate surface area is 121 Å². The monoisotopic (exact) mass is 297 g/mol. The fourth-order valence-electron chi connectivity index (χ4n) is 2.12. The van der Waals surface area contributed by atoms with Crippen molar-refractivity contribution in [1.29, 1.82) is 0 Å². The van der Waals surface area contributed by atoms with Crippen molar-refractivity contribution in [3.63, 3.8) is 0 Å². The molecule has 0 bridgehead atoms. The summed E-state index contributed by atoms with van der Waals surface area (Å²) in [6.45, 7) is 4.40. The van der Waals surface area contributed by atoms with E-state index in [1.54, 1.807) is 12.1 Å². The zero-order chi connectivity index (χ0) is 14.6. The predicted molar refractivity (Wildman–Crippen MR) is 81.3 cm³/mol. The standard InChI is InChI=1S/C14H23N3O2S/c1-2-10-17(11-9-15)13-5-7-14(8-6-13)20(18,19)16-12-3-4-12/h5-8,12,16H,2-4,9-11,15H2,1H3. The Bertz CT molecular complexity index is 518. The van der Waals surface area contributed by atoms with Gasteiger partial charge in [-0.15, -0.1) is 0 Å². The Kier molecular flexibility index (Phi) is 5.01. The van der Waals surface area contributed by atoms with Crippen LogP contribution < -0.4 is 15.4 Å². The van der Waals surface area contributed by atoms with E-state index < -0.39 is 10.0 Å². The minimum Gasteiger partial charge on any atom is -0.370 e. The summed E-state index contributed by atoms with van der Waals surface area (Å²) in [6.07, 6.45) is 2.92. The van der Waals surface area contributed by atoms with E-state index in [0.717, 1.165) is 38.0 Å². The molecule has 0 atom stereocenters. The van der Waals surface area contributed by atoms with Crippen molar-refractivity contribution >= 4 is 15.7 Å². The molecule has 0 spiro atoms. The fourth-order valence-corrected chi connectivity index (χ4v) is 3.43. The van der Waals surface area contributed by atoms with Crippen LogP contribution in [0.5, 0.6) is 0 Å². The third-order valence-electron chi connectivity index (χ3n) is 3.30. The normalized spacial score (nSPS) is 15.3. The molecule has 3 N–H and O–H groups in total. The summed E-state index contributed by atoms with van der Waals surface area (Å²) < 4.78 is 26.8. The number of sulfonamides is 1. The zero-order valence-electron chi connectivity index (χ0n) is 11.9. The Morgan fingerprint density at radius 1 is 1.25 bits per heavy atom. The summed E-state index contributed by atoms with van der Waals surface area (Å²) in [5.41, 5.74) is 6.63. The zero-order valence-corrected chi connectivity index (χ0v) is 12.7. The number of anilines is 1. The average molecular weight is 297 g/mol. The molecule has 20 heavy (non-hydrogen) atoms. The van der Waals surface area contributed by atoms with E-state index in [4.69, 9.17) is 5.73 Å². The van der Waals surface area contributed by atoms with E-state index in [1.807, 2.05) is 12.1 Å². The lowest BCUT2D eigenvalue weighted by Gasteiger charge is -2.23. The first-order chi connectivity index (χ1) is 9.56. The lowest BCUT2D eigenvalue weighted by molar-refractivity contribution is 0.581. The third kappa shape index (κ3) is 3.94. The highest BCUT2D eigenvalue weighted by molar-refractivity contribution is 7.89. The van der Waals surface area contributed by atoms with Gasteiger partial charge in [-0.25, -0.2) is 13.1 Å². The van der Waals surface area contributed by atoms with Crippen molar-refractivity contribution in [2.24, 2.45) is 5.73 Å². The van der Waals surface area contributed by atoms with Gasteiger partial charge in [-0.3, -0.25) is 0 Å². The van der Waals surface area contributed by atoms with Crippen LogP contribution in [-0.4, -0.2) is 34.1 Å². The summed E-state index contributed by atoms with van der Waals surface area (Å²) >= 11 is 0. The van der Waals surface area contributed by atoms with Crippen LogP contribution in [0, 0.1) is 0 Å². The lowest BCUT2D eigenvalue weighted by atomic mass is 10.2. The first-order valence-electron chi connectivity index (χ1n) is 7.14. The number of rotatable bonds is 8. The van der Waals surface area contributed by atoms with Gasteiger partial charge in [0.25, 0.3) is 0 Å². The summed E-state index contributed by atoms with van der Waals surface area (Å²) in [5.74, 6) is 0. The maximum atomic E-state index is 12.1. The maximum Gasteiger partial charge on any atom is 0.240 e. The first-order valence-corrected chi connectivity index (χ1v) is 8.62. The number of nitrogens with zero attached hydrogens (tertiary/aromatic N) is 1. The van der Waals surface area contributed by atoms with Crippen LogP contribution >= 0.6 is 0 Å². The van der Waals surface area contributed by atoms with Gasteiger partial charge in [0, 0.05) is 31.4 Å². The highest BCUT2D eigenvalue weighted by atomic mass is 32.2. The van der Waals surface area contributed by atoms with Crippen LogP contribution in [0.4, 0.5) is 5.69 Å². The van der Waals surface area contributed by atoms with Gasteiger partial charge in [-0.2, -0.15) is 0 Å². The molecule has 112 valence electrons. The molecule has 0 heterocycles. The molecular formula is C14H23N3O2S. The van der Waals surface area contributed by atoms with Crippen molar-refractivity contribution in [1.82, 2.24) is 4.72 Å². The molecule has 5 nitrogen and oxygen atoms in total. The number of hydrogen-bond donors (Lipinski definition) is 2. The number of benzene rings is 1. The smallest absolute Gasteiger partial charge is 0.240 e. The molecule has 1 aromatic carbocycles. The Hall–Kier alpha value is -1.11. The van der Waals surface area contributed by atoms with Crippen LogP contribution in [0.3, 0.4) is 0 Å². The van der Waals surface area contributed by atoms with Crippen LogP contribution in [0.2, 0.25) is 0 Å². The SMILES string of the molecule is CCCN(CCN)c1ccc(S(=O)(=O)NC2CC2)cc1. The van der Waals surface area contributed by atoms with Crippen molar-refractivity contribution in [2.75, 3.05) is 24.5 Å². The third-order valence-corrected chi connectivity index (χ3v) is 4.84. The average Bonchev–Trinajstić information content (AvgIpc) is 3.22. The van der Waals surface area contributed by atoms with E-state index in [0.29, 0.717) is 11.4 Å². The molecule has 1 aliphatic carbocycles. The first kappa shape index (κ1) is 15.3. The van der Waals surface area contributed by atoms with E-state index in [1.165, 1.54) is 0 Å². The van der Waals surface area contributed by atoms with Crippen molar-refractivity contribution in [3.8, 4) is 0 Å². The summed E-state index contributed by atoms with van der Waals surface area (Å²) in [6, 6.07) is 7.17. The van der Waals surface area contributed by atoms with Gasteiger partial charge in [0.1, 0.15) is 0 Å². The van der Waals surface area contributed by atoms with E-state index in [-0.39, 0.29) is 6.04 Å². The molecule has 1 aromatic rings. The molecule has 1 saturated carbocycles. The minimum atomic E-state index is -3.36. The van der Waals surface area contributed by atoms with Gasteiger partial charge in [-0.1, -0.05) is 6.92 Å². The van der Waals surface area contributed by atoms with Gasteiger partial charge in [0.15, 0.2) is 0 Å². The lowest BCUT2D eigenvalue weighted by Crippen LogP contribution is -2.30. The van der Waals surface area contributed by atoms with Gasteiger partial charge < -0.3 is 10.6 Å². The molecule has 0 aliphatic heterocycles. The van der Waals surface area contributed by atoms with Gasteiger partial charge >= 0.3 is 0 Å². The van der Waals surface area contributed by atoms with E-state index in [9.17, 15) is 8.42 Å². The Morgan fingerprint density at radius 3 is 2.40 bits per heavy atom. The molecule has 0 aromatic heterocycles. The van der Waals surface area contributed by atoms with Gasteiger partial charge in [-0.05, 0) is 43.5 Å². The molecule has 2 rings (SSSR count). The molecule has 6 heteroatoms. The van der Waals surface area contributed by atoms with Crippen LogP contribution in [-0.2, 0) is 10.0 Å². The topological polar surface area (TPSA) is 75.4 Å². The van der Waals surface area contributed by atoms with Crippen LogP contribution in [0.25, 0.3) is 0 Å². The molecule has 1 fully saturated rings. The molecule has 0 unspecified atom stereocenters. The Morgan fingerprint density at radius 2 is 1.90 bits per heavy atom. The van der Waals surface area contributed by atoms with Crippen LogP contribution in [0.1, 0.15) is 26.2 Å². The second-order valence-corrected chi connectivity index (χ2v) is 6.88. The number of nitrogens with one attached hydrogen (secondary N) is 1. The molecule has 1 aliphatic rings. The fraction of sp³-hybridized carbons (Fsp3) is 0.571. The van der Waals surface area contributed by atoms with Crippen molar-refractivity contribution in [2.45, 2.75) is 37.1 Å². The number of hydrogen-bond acceptors (Lipinski definition) is 4. The Balaban J connectivity index is 2.11. The summed E-state index contributed by atoms with van der Waals surface area (Å²) in [5, 5.41) is 0. The largest absolute Gasteiger partial charge is 0.370 e. The predicted octanol–water partition coefficient (Wildman–Crippen LogP) is 1.30. The molecular weight excluding hydrogens is 274 g/mol. The van der Waals surface area contributed by atoms with Gasteiger partial charge in [0.05, 0.1) is 4.90 Å². The summed E-state index contributed by atoms with van der Waals surface area (Å²) in [4.78, 5) is 2.50. The highest BCUT2D eigenvalue weighted by Gasteiger charge is 2.27. The second kappa shape index (κ2) is 6.56. The highest BCUT2D eigenvalue weighted by Crippen LogP contribution is 2.23. The quantitative estimate of drug-likeness (QED) is 0.758. The van der Waals surface area contributed by atoms with Crippen molar-refractivity contribution < 1.29 is 8.42 Å². The minimum absolute atomic E-state index is 0.133.